The van der Waals surface area contributed by atoms with Crippen LogP contribution in [0.2, 0.25) is 5.02 Å². The van der Waals surface area contributed by atoms with Crippen LogP contribution in [0.4, 0.5) is 0 Å². The monoisotopic (exact) mass is 276 g/mol. The lowest BCUT2D eigenvalue weighted by Crippen LogP contribution is -2.29. The Balaban J connectivity index is 1.93. The van der Waals surface area contributed by atoms with Crippen molar-refractivity contribution in [3.63, 3.8) is 0 Å². The standard InChI is InChI=1S/C14H14BClO3/c16-14-7-2-1-5-12(14)10-19-9-11-4-3-6-13(8-11)15(17)18/h1-8,17-18H,9-10H2. The maximum Gasteiger partial charge on any atom is 0.488 e. The number of hydrogen-bond donors (Lipinski definition) is 2. The molecule has 0 unspecified atom stereocenters. The van der Waals surface area contributed by atoms with Crippen molar-refractivity contribution in [2.75, 3.05) is 0 Å². The third-order valence-corrected chi connectivity index (χ3v) is 3.10. The normalized spacial score (nSPS) is 10.5. The van der Waals surface area contributed by atoms with Crippen LogP contribution in [0.5, 0.6) is 0 Å². The lowest BCUT2D eigenvalue weighted by molar-refractivity contribution is 0.107. The van der Waals surface area contributed by atoms with Crippen molar-refractivity contribution >= 4 is 24.2 Å². The van der Waals surface area contributed by atoms with E-state index in [4.69, 9.17) is 26.4 Å². The lowest BCUT2D eigenvalue weighted by atomic mass is 9.80. The van der Waals surface area contributed by atoms with Gasteiger partial charge in [0.2, 0.25) is 0 Å². The number of ether oxygens (including phenoxy) is 1. The molecule has 2 N–H and O–H groups in total. The van der Waals surface area contributed by atoms with Crippen molar-refractivity contribution < 1.29 is 14.8 Å². The van der Waals surface area contributed by atoms with Gasteiger partial charge in [0.05, 0.1) is 13.2 Å². The van der Waals surface area contributed by atoms with Crippen LogP contribution in [-0.4, -0.2) is 17.2 Å². The van der Waals surface area contributed by atoms with E-state index >= 15 is 0 Å². The van der Waals surface area contributed by atoms with Gasteiger partial charge < -0.3 is 14.8 Å². The third-order valence-electron chi connectivity index (χ3n) is 2.73. The lowest BCUT2D eigenvalue weighted by Gasteiger charge is -2.07. The molecule has 0 aromatic heterocycles. The predicted octanol–water partition coefficient (Wildman–Crippen LogP) is 1.74. The Morgan fingerprint density at radius 1 is 1.00 bits per heavy atom. The molecule has 2 aromatic carbocycles. The van der Waals surface area contributed by atoms with Crippen molar-refractivity contribution in [3.8, 4) is 0 Å². The van der Waals surface area contributed by atoms with Crippen molar-refractivity contribution in [2.24, 2.45) is 0 Å². The van der Waals surface area contributed by atoms with Crippen molar-refractivity contribution in [1.82, 2.24) is 0 Å². The maximum atomic E-state index is 9.09. The Morgan fingerprint density at radius 3 is 2.53 bits per heavy atom. The molecule has 98 valence electrons. The molecule has 0 bridgehead atoms. The van der Waals surface area contributed by atoms with Gasteiger partial charge in [-0.2, -0.15) is 0 Å². The summed E-state index contributed by atoms with van der Waals surface area (Å²) < 4.78 is 5.57. The van der Waals surface area contributed by atoms with E-state index in [1.165, 1.54) is 0 Å². The third kappa shape index (κ3) is 4.08. The number of rotatable bonds is 5. The van der Waals surface area contributed by atoms with Crippen LogP contribution >= 0.6 is 11.6 Å². The summed E-state index contributed by atoms with van der Waals surface area (Å²) in [6.07, 6.45) is 0. The SMILES string of the molecule is OB(O)c1cccc(COCc2ccccc2Cl)c1. The first-order valence-electron chi connectivity index (χ1n) is 5.93. The molecule has 0 atom stereocenters. The van der Waals surface area contributed by atoms with Crippen molar-refractivity contribution in [1.29, 1.82) is 0 Å². The second kappa shape index (κ2) is 6.73. The summed E-state index contributed by atoms with van der Waals surface area (Å²) in [5.41, 5.74) is 2.28. The average Bonchev–Trinajstić information content (AvgIpc) is 2.41. The summed E-state index contributed by atoms with van der Waals surface area (Å²) >= 11 is 6.03. The molecule has 0 aliphatic rings. The quantitative estimate of drug-likeness (QED) is 0.818. The van der Waals surface area contributed by atoms with Gasteiger partial charge in [0.15, 0.2) is 0 Å². The summed E-state index contributed by atoms with van der Waals surface area (Å²) in [5, 5.41) is 18.9. The van der Waals surface area contributed by atoms with E-state index in [1.54, 1.807) is 18.2 Å². The van der Waals surface area contributed by atoms with Crippen LogP contribution in [0.3, 0.4) is 0 Å². The van der Waals surface area contributed by atoms with Crippen LogP contribution < -0.4 is 5.46 Å². The maximum absolute atomic E-state index is 9.09. The molecule has 0 heterocycles. The molecule has 19 heavy (non-hydrogen) atoms. The van der Waals surface area contributed by atoms with Crippen LogP contribution in [0.25, 0.3) is 0 Å². The Bertz CT molecular complexity index is 546. The Hall–Kier alpha value is -1.33. The minimum Gasteiger partial charge on any atom is -0.423 e. The van der Waals surface area contributed by atoms with Gasteiger partial charge in [-0.25, -0.2) is 0 Å². The second-order valence-electron chi connectivity index (χ2n) is 4.20. The van der Waals surface area contributed by atoms with Gasteiger partial charge in [0, 0.05) is 5.02 Å². The fourth-order valence-corrected chi connectivity index (χ4v) is 1.93. The van der Waals surface area contributed by atoms with Gasteiger partial charge in [-0.1, -0.05) is 54.1 Å². The first-order valence-corrected chi connectivity index (χ1v) is 6.31. The molecule has 0 aliphatic heterocycles. The summed E-state index contributed by atoms with van der Waals surface area (Å²) in [5.74, 6) is 0. The van der Waals surface area contributed by atoms with Gasteiger partial charge in [0.1, 0.15) is 0 Å². The Labute approximate surface area is 117 Å². The Morgan fingerprint density at radius 2 is 1.79 bits per heavy atom. The fourth-order valence-electron chi connectivity index (χ4n) is 1.74. The molecule has 0 amide bonds. The van der Waals surface area contributed by atoms with E-state index in [2.05, 4.69) is 0 Å². The molecule has 2 aromatic rings. The van der Waals surface area contributed by atoms with Gasteiger partial charge >= 0.3 is 7.12 Å². The predicted molar refractivity (Wildman–Crippen MR) is 76.2 cm³/mol. The second-order valence-corrected chi connectivity index (χ2v) is 4.61. The van der Waals surface area contributed by atoms with Crippen LogP contribution in [0, 0.1) is 0 Å². The van der Waals surface area contributed by atoms with E-state index in [1.807, 2.05) is 30.3 Å². The summed E-state index contributed by atoms with van der Waals surface area (Å²) in [6.45, 7) is 0.817. The van der Waals surface area contributed by atoms with E-state index < -0.39 is 7.12 Å². The van der Waals surface area contributed by atoms with Crippen molar-refractivity contribution in [3.05, 3.63) is 64.7 Å². The summed E-state index contributed by atoms with van der Waals surface area (Å²) in [7, 11) is -1.46. The highest BCUT2D eigenvalue weighted by molar-refractivity contribution is 6.58. The molecular weight excluding hydrogens is 262 g/mol. The van der Waals surface area contributed by atoms with Gasteiger partial charge in [-0.3, -0.25) is 0 Å². The first-order chi connectivity index (χ1) is 9.16. The molecular formula is C14H14BClO3. The molecule has 0 radical (unpaired) electrons. The zero-order valence-electron chi connectivity index (χ0n) is 10.3. The molecule has 2 rings (SSSR count). The van der Waals surface area contributed by atoms with Crippen LogP contribution in [-0.2, 0) is 18.0 Å². The van der Waals surface area contributed by atoms with Crippen LogP contribution in [0.1, 0.15) is 11.1 Å². The van der Waals surface area contributed by atoms with Crippen LogP contribution in [0.15, 0.2) is 48.5 Å². The number of halogens is 1. The largest absolute Gasteiger partial charge is 0.488 e. The molecule has 0 fully saturated rings. The molecule has 0 saturated carbocycles. The van der Waals surface area contributed by atoms with E-state index in [0.717, 1.165) is 11.1 Å². The molecule has 3 nitrogen and oxygen atoms in total. The minimum absolute atomic E-state index is 0.395. The van der Waals surface area contributed by atoms with Gasteiger partial charge in [0.25, 0.3) is 0 Å². The zero-order chi connectivity index (χ0) is 13.7. The summed E-state index contributed by atoms with van der Waals surface area (Å²) in [4.78, 5) is 0. The van der Waals surface area contributed by atoms with E-state index in [9.17, 15) is 0 Å². The van der Waals surface area contributed by atoms with E-state index in [-0.39, 0.29) is 0 Å². The smallest absolute Gasteiger partial charge is 0.423 e. The molecule has 0 spiro atoms. The van der Waals surface area contributed by atoms with Crippen molar-refractivity contribution in [2.45, 2.75) is 13.2 Å². The number of benzene rings is 2. The fraction of sp³-hybridized carbons (Fsp3) is 0.143. The topological polar surface area (TPSA) is 49.7 Å². The minimum atomic E-state index is -1.46. The highest BCUT2D eigenvalue weighted by atomic mass is 35.5. The number of hydrogen-bond acceptors (Lipinski definition) is 3. The highest BCUT2D eigenvalue weighted by Crippen LogP contribution is 2.16. The average molecular weight is 277 g/mol. The molecule has 5 heteroatoms. The molecule has 0 saturated heterocycles. The van der Waals surface area contributed by atoms with Gasteiger partial charge in [-0.05, 0) is 22.7 Å². The zero-order valence-corrected chi connectivity index (χ0v) is 11.0. The highest BCUT2D eigenvalue weighted by Gasteiger charge is 2.10. The first kappa shape index (κ1) is 14.1. The van der Waals surface area contributed by atoms with E-state index in [0.29, 0.717) is 23.7 Å². The summed E-state index contributed by atoms with van der Waals surface area (Å²) in [6, 6.07) is 14.5. The molecule has 0 aliphatic carbocycles. The van der Waals surface area contributed by atoms with Gasteiger partial charge in [-0.15, -0.1) is 0 Å². The Kier molecular flexibility index (Phi) is 4.99.